The van der Waals surface area contributed by atoms with E-state index in [1.807, 2.05) is 0 Å². The number of ether oxygens (including phenoxy) is 1. The summed E-state index contributed by atoms with van der Waals surface area (Å²) in [6, 6.07) is 2.81. The molecule has 4 aliphatic rings. The maximum absolute atomic E-state index is 14.9. The molecule has 4 heterocycles. The number of sulfonamides is 1. The monoisotopic (exact) mass is 798 g/mol. The smallest absolute Gasteiger partial charge is 0.287 e. The second-order valence-corrected chi connectivity index (χ2v) is 18.1. The van der Waals surface area contributed by atoms with Gasteiger partial charge in [-0.25, -0.2) is 13.1 Å². The van der Waals surface area contributed by atoms with Gasteiger partial charge in [0.25, 0.3) is 11.8 Å². The first-order valence-electron chi connectivity index (χ1n) is 19.7. The van der Waals surface area contributed by atoms with Crippen LogP contribution in [0.5, 0.6) is 0 Å². The van der Waals surface area contributed by atoms with E-state index in [4.69, 9.17) is 10.5 Å². The van der Waals surface area contributed by atoms with Crippen molar-refractivity contribution in [3.05, 3.63) is 41.7 Å². The number of primary amides is 1. The summed E-state index contributed by atoms with van der Waals surface area (Å²) in [5, 5.41) is 24.8. The van der Waals surface area contributed by atoms with Gasteiger partial charge in [-0.05, 0) is 63.3 Å². The van der Waals surface area contributed by atoms with Gasteiger partial charge in [-0.15, -0.1) is 5.10 Å². The molecule has 6 rings (SSSR count). The Bertz CT molecular complexity index is 1880. The number of nitrogens with zero attached hydrogens (tertiary/aromatic N) is 5. The topological polar surface area (TPSA) is 236 Å². The number of rotatable bonds is 13. The summed E-state index contributed by atoms with van der Waals surface area (Å²) in [6.07, 6.45) is 9.08. The molecule has 0 radical (unpaired) electrons. The van der Waals surface area contributed by atoms with Crippen molar-refractivity contribution in [1.82, 2.24) is 34.8 Å². The molecule has 306 valence electrons. The SMILES string of the molecule is CC(C)(O)c1cnnn1[C@H]1C[C@@H](C(=O)NC2(C(=O)C(N)=O)CCOCC2)N(C(=O)C(CC2CCCCC2)NC(=O)c2ccc(S(=O)(=O)N3CCCCC3)cc2)C1. The number of likely N-dealkylation sites (tertiary alicyclic amines) is 1. The summed E-state index contributed by atoms with van der Waals surface area (Å²) >= 11 is 0. The van der Waals surface area contributed by atoms with E-state index in [1.54, 1.807) is 13.8 Å². The zero-order valence-electron chi connectivity index (χ0n) is 32.2. The quantitative estimate of drug-likeness (QED) is 0.211. The van der Waals surface area contributed by atoms with E-state index in [0.717, 1.165) is 51.4 Å². The number of amides is 4. The number of benzene rings is 1. The van der Waals surface area contributed by atoms with Crippen molar-refractivity contribution in [3.63, 3.8) is 0 Å². The number of aromatic nitrogens is 3. The van der Waals surface area contributed by atoms with Gasteiger partial charge in [0.2, 0.25) is 27.6 Å². The van der Waals surface area contributed by atoms with Crippen LogP contribution in [-0.4, -0.2) is 118 Å². The Morgan fingerprint density at radius 3 is 2.27 bits per heavy atom. The number of nitrogens with one attached hydrogen (secondary N) is 2. The molecule has 18 heteroatoms. The summed E-state index contributed by atoms with van der Waals surface area (Å²) in [5.41, 5.74) is 2.97. The van der Waals surface area contributed by atoms with Crippen LogP contribution in [0.3, 0.4) is 0 Å². The highest BCUT2D eigenvalue weighted by atomic mass is 32.2. The van der Waals surface area contributed by atoms with Crippen LogP contribution < -0.4 is 16.4 Å². The van der Waals surface area contributed by atoms with Crippen LogP contribution in [0.1, 0.15) is 113 Å². The average molecular weight is 799 g/mol. The van der Waals surface area contributed by atoms with Gasteiger partial charge >= 0.3 is 0 Å². The number of nitrogens with two attached hydrogens (primary N) is 1. The van der Waals surface area contributed by atoms with Crippen molar-refractivity contribution >= 4 is 39.4 Å². The van der Waals surface area contributed by atoms with Crippen molar-refractivity contribution in [2.24, 2.45) is 11.7 Å². The number of piperidine rings is 1. The predicted octanol–water partition coefficient (Wildman–Crippen LogP) is 1.31. The minimum atomic E-state index is -3.73. The number of carbonyl (C=O) groups is 5. The Morgan fingerprint density at radius 2 is 1.64 bits per heavy atom. The van der Waals surface area contributed by atoms with Gasteiger partial charge in [0.15, 0.2) is 0 Å². The Balaban J connectivity index is 1.29. The van der Waals surface area contributed by atoms with Gasteiger partial charge < -0.3 is 31.1 Å². The molecule has 1 unspecified atom stereocenters. The van der Waals surface area contributed by atoms with Crippen LogP contribution >= 0.6 is 0 Å². The number of aliphatic hydroxyl groups is 1. The maximum Gasteiger partial charge on any atom is 0.287 e. The van der Waals surface area contributed by atoms with Gasteiger partial charge in [-0.3, -0.25) is 24.0 Å². The molecule has 1 aromatic heterocycles. The number of ketones is 1. The van der Waals surface area contributed by atoms with Crippen LogP contribution in [0.2, 0.25) is 0 Å². The lowest BCUT2D eigenvalue weighted by Crippen LogP contribution is -2.64. The third kappa shape index (κ3) is 8.98. The van der Waals surface area contributed by atoms with E-state index in [1.165, 1.54) is 44.3 Å². The number of carbonyl (C=O) groups excluding carboxylic acids is 5. The molecule has 2 aromatic rings. The van der Waals surface area contributed by atoms with E-state index in [-0.39, 0.29) is 55.4 Å². The van der Waals surface area contributed by atoms with E-state index in [0.29, 0.717) is 25.2 Å². The third-order valence-electron chi connectivity index (χ3n) is 11.7. The van der Waals surface area contributed by atoms with Crippen LogP contribution in [0.4, 0.5) is 0 Å². The highest BCUT2D eigenvalue weighted by Gasteiger charge is 2.49. The van der Waals surface area contributed by atoms with Crippen LogP contribution in [0.15, 0.2) is 35.4 Å². The molecule has 3 aliphatic heterocycles. The normalized spacial score (nSPS) is 22.9. The lowest BCUT2D eigenvalue weighted by atomic mass is 9.84. The van der Waals surface area contributed by atoms with Crippen molar-refractivity contribution in [1.29, 1.82) is 0 Å². The molecule has 1 aromatic carbocycles. The largest absolute Gasteiger partial charge is 0.384 e. The first kappa shape index (κ1) is 41.4. The summed E-state index contributed by atoms with van der Waals surface area (Å²) < 4.78 is 34.9. The Hall–Kier alpha value is -4.26. The van der Waals surface area contributed by atoms with Gasteiger partial charge in [-0.2, -0.15) is 4.31 Å². The summed E-state index contributed by atoms with van der Waals surface area (Å²) in [6.45, 7) is 4.19. The Kier molecular flexibility index (Phi) is 12.6. The Labute approximate surface area is 327 Å². The molecule has 4 amide bonds. The van der Waals surface area contributed by atoms with Crippen LogP contribution in [-0.2, 0) is 39.5 Å². The lowest BCUT2D eigenvalue weighted by Gasteiger charge is -2.37. The zero-order valence-corrected chi connectivity index (χ0v) is 33.0. The second-order valence-electron chi connectivity index (χ2n) is 16.2. The lowest BCUT2D eigenvalue weighted by molar-refractivity contribution is -0.147. The standard InChI is InChI=1S/C38H54N8O9S/c1-37(2,52)31-23-40-43-46(31)27-22-30(35(50)42-38(32(47)33(39)48)15-19-55-20-16-38)45(24-27)36(51)29(21-25-9-5-3-6-10-25)41-34(49)26-11-13-28(14-12-26)56(53,54)44-17-7-4-8-18-44/h11-14,23,25,27,29-30,52H,3-10,15-22,24H2,1-2H3,(H2,39,48)(H,41,49)(H,42,50)/t27-,29?,30-/m0/s1. The number of hydrogen-bond donors (Lipinski definition) is 4. The number of Topliss-reactive ketones (excluding diaryl/α,β-unsaturated/α-hetero) is 1. The van der Waals surface area contributed by atoms with E-state index in [2.05, 4.69) is 20.9 Å². The van der Waals surface area contributed by atoms with E-state index in [9.17, 15) is 37.5 Å². The van der Waals surface area contributed by atoms with Crippen molar-refractivity contribution in [2.75, 3.05) is 32.8 Å². The zero-order chi connectivity index (χ0) is 40.3. The molecular formula is C38H54N8O9S. The maximum atomic E-state index is 14.9. The van der Waals surface area contributed by atoms with Gasteiger partial charge in [0.05, 0.1) is 22.8 Å². The molecule has 1 saturated carbocycles. The minimum absolute atomic E-state index is 0.00895. The highest BCUT2D eigenvalue weighted by Crippen LogP contribution is 2.34. The fraction of sp³-hybridized carbons (Fsp3) is 0.658. The molecule has 1 aliphatic carbocycles. The molecule has 5 N–H and O–H groups in total. The molecule has 4 fully saturated rings. The van der Waals surface area contributed by atoms with Gasteiger partial charge in [0, 0.05) is 57.7 Å². The van der Waals surface area contributed by atoms with Crippen LogP contribution in [0.25, 0.3) is 0 Å². The number of hydrogen-bond acceptors (Lipinski definition) is 11. The summed E-state index contributed by atoms with van der Waals surface area (Å²) in [7, 11) is -3.73. The predicted molar refractivity (Wildman–Crippen MR) is 201 cm³/mol. The van der Waals surface area contributed by atoms with E-state index >= 15 is 0 Å². The Morgan fingerprint density at radius 1 is 1.00 bits per heavy atom. The second kappa shape index (κ2) is 17.1. The van der Waals surface area contributed by atoms with E-state index < -0.39 is 68.7 Å². The molecule has 0 bridgehead atoms. The molecular weight excluding hydrogens is 745 g/mol. The van der Waals surface area contributed by atoms with Gasteiger partial charge in [-0.1, -0.05) is 43.7 Å². The van der Waals surface area contributed by atoms with Crippen molar-refractivity contribution in [2.45, 2.75) is 125 Å². The van der Waals surface area contributed by atoms with Gasteiger partial charge in [0.1, 0.15) is 23.2 Å². The first-order valence-corrected chi connectivity index (χ1v) is 21.1. The molecule has 3 atom stereocenters. The van der Waals surface area contributed by atoms with Crippen molar-refractivity contribution < 1.29 is 42.2 Å². The summed E-state index contributed by atoms with van der Waals surface area (Å²) in [5.74, 6) is -3.82. The average Bonchev–Trinajstić information content (AvgIpc) is 3.87. The summed E-state index contributed by atoms with van der Waals surface area (Å²) in [4.78, 5) is 69.9. The molecule has 0 spiro atoms. The molecule has 56 heavy (non-hydrogen) atoms. The highest BCUT2D eigenvalue weighted by molar-refractivity contribution is 7.89. The minimum Gasteiger partial charge on any atom is -0.384 e. The molecule has 3 saturated heterocycles. The van der Waals surface area contributed by atoms with Crippen molar-refractivity contribution in [3.8, 4) is 0 Å². The first-order chi connectivity index (χ1) is 26.6. The fourth-order valence-electron chi connectivity index (χ4n) is 8.57. The third-order valence-corrected chi connectivity index (χ3v) is 13.7. The fourth-order valence-corrected chi connectivity index (χ4v) is 10.1. The van der Waals surface area contributed by atoms with Crippen LogP contribution in [0, 0.1) is 5.92 Å². The molecule has 17 nitrogen and oxygen atoms in total.